The summed E-state index contributed by atoms with van der Waals surface area (Å²) in [5, 5.41) is 22.6. The van der Waals surface area contributed by atoms with Crippen LogP contribution in [0.3, 0.4) is 0 Å². The van der Waals surface area contributed by atoms with Gasteiger partial charge in [0.2, 0.25) is 0 Å². The van der Waals surface area contributed by atoms with Crippen molar-refractivity contribution in [2.24, 2.45) is 0 Å². The van der Waals surface area contributed by atoms with E-state index in [1.807, 2.05) is 0 Å². The van der Waals surface area contributed by atoms with Crippen molar-refractivity contribution in [3.05, 3.63) is 67.8 Å². The number of nitrogens with zero attached hydrogens (tertiary/aromatic N) is 3. The van der Waals surface area contributed by atoms with E-state index >= 15 is 0 Å². The number of ether oxygens (including phenoxy) is 2. The number of hydrogen-bond donors (Lipinski definition) is 0. The summed E-state index contributed by atoms with van der Waals surface area (Å²) in [7, 11) is 0. The van der Waals surface area contributed by atoms with Gasteiger partial charge in [0.25, 0.3) is 5.75 Å². The standard InChI is InChI=1S/C20H20F3N3O6/c21-20(22,23)15-12-17(25(27)28)19(18(13-15)26(29)30)32-16-5-3-14(4-6-16)2-1-7-24-8-10-31-11-9-24/h3-6,12-13H,1-2,7-11H2. The SMILES string of the molecule is O=[N+]([O-])c1cc(C(F)(F)F)cc([N+](=O)[O-])c1Oc1ccc(CCCN2CCOCC2)cc1. The summed E-state index contributed by atoms with van der Waals surface area (Å²) in [6, 6.07) is 6.79. The molecule has 0 atom stereocenters. The first-order valence-corrected chi connectivity index (χ1v) is 9.76. The number of nitro benzene ring substituents is 2. The van der Waals surface area contributed by atoms with Crippen LogP contribution in [0.5, 0.6) is 11.5 Å². The van der Waals surface area contributed by atoms with E-state index in [9.17, 15) is 33.4 Å². The summed E-state index contributed by atoms with van der Waals surface area (Å²) in [5.74, 6) is -0.819. The Balaban J connectivity index is 1.75. The molecule has 1 aliphatic rings. The third-order valence-corrected chi connectivity index (χ3v) is 4.96. The van der Waals surface area contributed by atoms with Crippen LogP contribution in [0.2, 0.25) is 0 Å². The number of nitro groups is 2. The number of alkyl halides is 3. The predicted octanol–water partition coefficient (Wildman–Crippen LogP) is 4.58. The van der Waals surface area contributed by atoms with E-state index in [4.69, 9.17) is 9.47 Å². The maximum absolute atomic E-state index is 13.0. The molecule has 0 amide bonds. The lowest BCUT2D eigenvalue weighted by molar-refractivity contribution is -0.396. The summed E-state index contributed by atoms with van der Waals surface area (Å²) in [6.07, 6.45) is -3.33. The maximum Gasteiger partial charge on any atom is 0.416 e. The summed E-state index contributed by atoms with van der Waals surface area (Å²) in [4.78, 5) is 22.6. The van der Waals surface area contributed by atoms with Gasteiger partial charge in [-0.1, -0.05) is 12.1 Å². The summed E-state index contributed by atoms with van der Waals surface area (Å²) in [6.45, 7) is 4.11. The molecule has 3 rings (SSSR count). The number of benzene rings is 2. The third kappa shape index (κ3) is 5.92. The Morgan fingerprint density at radius 2 is 1.56 bits per heavy atom. The maximum atomic E-state index is 13.0. The van der Waals surface area contributed by atoms with Gasteiger partial charge in [-0.05, 0) is 37.1 Å². The number of aryl methyl sites for hydroxylation is 1. The lowest BCUT2D eigenvalue weighted by Crippen LogP contribution is -2.36. The number of morpholine rings is 1. The van der Waals surface area contributed by atoms with Crippen LogP contribution >= 0.6 is 0 Å². The fourth-order valence-electron chi connectivity index (χ4n) is 3.31. The molecule has 0 bridgehead atoms. The molecular formula is C20H20F3N3O6. The molecule has 0 radical (unpaired) electrons. The van der Waals surface area contributed by atoms with E-state index in [1.165, 1.54) is 12.1 Å². The molecule has 12 heteroatoms. The Bertz CT molecular complexity index is 941. The van der Waals surface area contributed by atoms with Crippen molar-refractivity contribution >= 4 is 11.4 Å². The Hall–Kier alpha value is -3.25. The monoisotopic (exact) mass is 455 g/mol. The van der Waals surface area contributed by atoms with E-state index in [0.29, 0.717) is 13.2 Å². The zero-order valence-corrected chi connectivity index (χ0v) is 16.8. The molecule has 1 aliphatic heterocycles. The minimum Gasteiger partial charge on any atom is -0.444 e. The molecule has 2 aromatic rings. The molecule has 172 valence electrons. The van der Waals surface area contributed by atoms with Crippen LogP contribution < -0.4 is 4.74 Å². The fraction of sp³-hybridized carbons (Fsp3) is 0.400. The van der Waals surface area contributed by atoms with Crippen molar-refractivity contribution in [3.8, 4) is 11.5 Å². The van der Waals surface area contributed by atoms with Gasteiger partial charge in [-0.2, -0.15) is 13.2 Å². The van der Waals surface area contributed by atoms with Crippen LogP contribution in [0.4, 0.5) is 24.5 Å². The van der Waals surface area contributed by atoms with Gasteiger partial charge in [0.1, 0.15) is 5.75 Å². The van der Waals surface area contributed by atoms with Gasteiger partial charge in [-0.25, -0.2) is 0 Å². The summed E-state index contributed by atoms with van der Waals surface area (Å²) >= 11 is 0. The average Bonchev–Trinajstić information content (AvgIpc) is 2.74. The highest BCUT2D eigenvalue weighted by Gasteiger charge is 2.38. The number of rotatable bonds is 8. The minimum atomic E-state index is -4.99. The first kappa shape index (κ1) is 23.4. The first-order chi connectivity index (χ1) is 15.1. The van der Waals surface area contributed by atoms with Crippen molar-refractivity contribution in [1.29, 1.82) is 0 Å². The van der Waals surface area contributed by atoms with Crippen LogP contribution in [-0.2, 0) is 17.3 Å². The molecule has 2 aromatic carbocycles. The zero-order chi connectivity index (χ0) is 23.3. The zero-order valence-electron chi connectivity index (χ0n) is 16.8. The minimum absolute atomic E-state index is 0.0351. The number of halogens is 3. The van der Waals surface area contributed by atoms with E-state index in [2.05, 4.69) is 4.90 Å². The molecule has 1 saturated heterocycles. The van der Waals surface area contributed by atoms with Crippen molar-refractivity contribution in [3.63, 3.8) is 0 Å². The topological polar surface area (TPSA) is 108 Å². The highest BCUT2D eigenvalue weighted by molar-refractivity contribution is 5.63. The normalized spacial score (nSPS) is 14.8. The van der Waals surface area contributed by atoms with Crippen LogP contribution in [0, 0.1) is 20.2 Å². The molecule has 1 heterocycles. The lowest BCUT2D eigenvalue weighted by Gasteiger charge is -2.26. The Morgan fingerprint density at radius 3 is 2.06 bits per heavy atom. The Kier molecular flexibility index (Phi) is 7.26. The number of hydrogen-bond acceptors (Lipinski definition) is 7. The largest absolute Gasteiger partial charge is 0.444 e. The van der Waals surface area contributed by atoms with E-state index in [-0.39, 0.29) is 17.9 Å². The molecular weight excluding hydrogens is 435 g/mol. The van der Waals surface area contributed by atoms with Gasteiger partial charge in [0, 0.05) is 25.2 Å². The van der Waals surface area contributed by atoms with Crippen molar-refractivity contribution < 1.29 is 32.5 Å². The third-order valence-electron chi connectivity index (χ3n) is 4.96. The highest BCUT2D eigenvalue weighted by atomic mass is 19.4. The van der Waals surface area contributed by atoms with Gasteiger partial charge in [-0.15, -0.1) is 0 Å². The molecule has 9 nitrogen and oxygen atoms in total. The second kappa shape index (κ2) is 9.92. The van der Waals surface area contributed by atoms with Crippen LogP contribution in [0.15, 0.2) is 36.4 Å². The van der Waals surface area contributed by atoms with Crippen LogP contribution in [-0.4, -0.2) is 47.6 Å². The van der Waals surface area contributed by atoms with E-state index in [1.54, 1.807) is 12.1 Å². The Labute approximate surface area is 180 Å². The molecule has 0 spiro atoms. The molecule has 1 fully saturated rings. The quantitative estimate of drug-likeness (QED) is 0.423. The van der Waals surface area contributed by atoms with Crippen molar-refractivity contribution in [2.45, 2.75) is 19.0 Å². The van der Waals surface area contributed by atoms with E-state index in [0.717, 1.165) is 38.0 Å². The average molecular weight is 455 g/mol. The highest BCUT2D eigenvalue weighted by Crippen LogP contribution is 2.44. The molecule has 0 N–H and O–H groups in total. The molecule has 0 unspecified atom stereocenters. The van der Waals surface area contributed by atoms with Crippen molar-refractivity contribution in [2.75, 3.05) is 32.8 Å². The van der Waals surface area contributed by atoms with Crippen LogP contribution in [0.25, 0.3) is 0 Å². The molecule has 0 saturated carbocycles. The van der Waals surface area contributed by atoms with E-state index < -0.39 is 38.7 Å². The van der Waals surface area contributed by atoms with Crippen LogP contribution in [0.1, 0.15) is 17.5 Å². The second-order valence-electron chi connectivity index (χ2n) is 7.16. The molecule has 0 aromatic heterocycles. The Morgan fingerprint density at radius 1 is 1.00 bits per heavy atom. The molecule has 0 aliphatic carbocycles. The van der Waals surface area contributed by atoms with Gasteiger partial charge in [-0.3, -0.25) is 25.1 Å². The summed E-state index contributed by atoms with van der Waals surface area (Å²) < 4.78 is 49.6. The van der Waals surface area contributed by atoms with Crippen molar-refractivity contribution in [1.82, 2.24) is 4.90 Å². The smallest absolute Gasteiger partial charge is 0.416 e. The van der Waals surface area contributed by atoms with Gasteiger partial charge in [0.05, 0.1) is 28.6 Å². The van der Waals surface area contributed by atoms with Gasteiger partial charge < -0.3 is 9.47 Å². The summed E-state index contributed by atoms with van der Waals surface area (Å²) in [5.41, 5.74) is -2.82. The fourth-order valence-corrected chi connectivity index (χ4v) is 3.31. The van der Waals surface area contributed by atoms with Gasteiger partial charge in [0.15, 0.2) is 0 Å². The molecule has 32 heavy (non-hydrogen) atoms. The first-order valence-electron chi connectivity index (χ1n) is 9.76. The lowest BCUT2D eigenvalue weighted by atomic mass is 10.1. The van der Waals surface area contributed by atoms with Gasteiger partial charge >= 0.3 is 17.6 Å². The predicted molar refractivity (Wildman–Crippen MR) is 107 cm³/mol. The second-order valence-corrected chi connectivity index (χ2v) is 7.16.